The summed E-state index contributed by atoms with van der Waals surface area (Å²) in [6.07, 6.45) is 39.4. The molecule has 56 heavy (non-hydrogen) atoms. The third kappa shape index (κ3) is 49.7. The molecule has 336 valence electrons. The van der Waals surface area contributed by atoms with E-state index >= 15 is 0 Å². The van der Waals surface area contributed by atoms with E-state index in [2.05, 4.69) is 31.0 Å². The van der Waals surface area contributed by atoms with Crippen molar-refractivity contribution in [3.05, 3.63) is 0 Å². The molecule has 3 N–H and O–H groups in total. The van der Waals surface area contributed by atoms with Gasteiger partial charge in [0, 0.05) is 46.6 Å². The predicted octanol–water partition coefficient (Wildman–Crippen LogP) is 12.9. The van der Waals surface area contributed by atoms with E-state index in [1.807, 2.05) is 13.8 Å². The Balaban J connectivity index is -0.00000124. The normalized spacial score (nSPS) is 11.2. The van der Waals surface area contributed by atoms with Crippen molar-refractivity contribution in [2.75, 3.05) is 39.4 Å². The van der Waals surface area contributed by atoms with Gasteiger partial charge in [-0.05, 0) is 71.0 Å². The summed E-state index contributed by atoms with van der Waals surface area (Å²) in [5, 5.41) is 21.8. The quantitative estimate of drug-likeness (QED) is 0.0416. The second-order valence-electron chi connectivity index (χ2n) is 16.8. The summed E-state index contributed by atoms with van der Waals surface area (Å²) in [7, 11) is 0. The minimum Gasteiger partial charge on any atom is -0.466 e. The van der Waals surface area contributed by atoms with Crippen molar-refractivity contribution in [3.63, 3.8) is 0 Å². The third-order valence-electron chi connectivity index (χ3n) is 10.8. The number of nitrogens with one attached hydrogen (secondary N) is 1. The van der Waals surface area contributed by atoms with Crippen LogP contribution < -0.4 is 5.32 Å². The maximum absolute atomic E-state index is 11.9. The van der Waals surface area contributed by atoms with Crippen molar-refractivity contribution in [2.45, 2.75) is 253 Å². The van der Waals surface area contributed by atoms with Crippen LogP contribution in [0.5, 0.6) is 0 Å². The summed E-state index contributed by atoms with van der Waals surface area (Å²) >= 11 is 0. The summed E-state index contributed by atoms with van der Waals surface area (Å²) in [4.78, 5) is 26.2. The predicted molar refractivity (Wildman–Crippen MR) is 238 cm³/mol. The number of hydrogen-bond donors (Lipinski definition) is 3. The van der Waals surface area contributed by atoms with Gasteiger partial charge in [0.2, 0.25) is 5.91 Å². The molecule has 0 heterocycles. The zero-order valence-electron chi connectivity index (χ0n) is 38.2. The van der Waals surface area contributed by atoms with Crippen molar-refractivity contribution in [2.24, 2.45) is 5.92 Å². The molecule has 0 unspecified atom stereocenters. The molecule has 0 aliphatic heterocycles. The van der Waals surface area contributed by atoms with Crippen LogP contribution in [0.1, 0.15) is 247 Å². The Labute approximate surface area is 364 Å². The fraction of sp³-hybridized carbons (Fsp3) is 0.958. The average molecular weight is 967 g/mol. The first-order chi connectivity index (χ1) is 26.8. The van der Waals surface area contributed by atoms with E-state index in [9.17, 15) is 14.7 Å². The number of nitrogens with zero attached hydrogens (tertiary/aromatic N) is 1. The van der Waals surface area contributed by atoms with E-state index in [1.54, 1.807) is 0 Å². The van der Waals surface area contributed by atoms with E-state index in [4.69, 9.17) is 9.84 Å². The Morgan fingerprint density at radius 2 is 0.929 bits per heavy atom. The van der Waals surface area contributed by atoms with Gasteiger partial charge in [0.25, 0.3) is 0 Å². The molecule has 0 fully saturated rings. The SMILES string of the molecule is CCCCCCCCC(O)CCCCCCCC.CCCCCCCCCOC(=O)CCCCCCCN(CCCCCCCO)CCCNC(=O)C(C)C.[W]. The van der Waals surface area contributed by atoms with Crippen LogP contribution in [-0.2, 0) is 35.4 Å². The molecular weight excluding hydrogens is 868 g/mol. The summed E-state index contributed by atoms with van der Waals surface area (Å²) in [6, 6.07) is 0. The number of carbonyl (C=O) groups is 2. The monoisotopic (exact) mass is 967 g/mol. The minimum atomic E-state index is -0.0271. The van der Waals surface area contributed by atoms with E-state index < -0.39 is 0 Å². The summed E-state index contributed by atoms with van der Waals surface area (Å²) in [5.74, 6) is 0.153. The Morgan fingerprint density at radius 1 is 0.536 bits per heavy atom. The largest absolute Gasteiger partial charge is 0.466 e. The molecule has 0 saturated carbocycles. The van der Waals surface area contributed by atoms with Gasteiger partial charge < -0.3 is 25.2 Å². The van der Waals surface area contributed by atoms with Gasteiger partial charge in [0.15, 0.2) is 0 Å². The molecule has 0 bridgehead atoms. The molecule has 7 nitrogen and oxygen atoms in total. The smallest absolute Gasteiger partial charge is 0.305 e. The van der Waals surface area contributed by atoms with Crippen molar-refractivity contribution < 1.29 is 45.6 Å². The Bertz CT molecular complexity index is 756. The van der Waals surface area contributed by atoms with Crippen LogP contribution in [0, 0.1) is 5.92 Å². The van der Waals surface area contributed by atoms with Gasteiger partial charge in [-0.2, -0.15) is 0 Å². The molecule has 8 heteroatoms. The second kappa shape index (κ2) is 50.7. The molecule has 0 aliphatic carbocycles. The zero-order chi connectivity index (χ0) is 40.9. The van der Waals surface area contributed by atoms with Crippen LogP contribution >= 0.6 is 0 Å². The van der Waals surface area contributed by atoms with Gasteiger partial charge in [0.1, 0.15) is 0 Å². The number of esters is 1. The number of aliphatic hydroxyl groups excluding tert-OH is 2. The summed E-state index contributed by atoms with van der Waals surface area (Å²) < 4.78 is 5.39. The van der Waals surface area contributed by atoms with Crippen LogP contribution in [0.2, 0.25) is 0 Å². The van der Waals surface area contributed by atoms with Crippen LogP contribution in [0.4, 0.5) is 0 Å². The number of ether oxygens (including phenoxy) is 1. The molecule has 0 aromatic rings. The van der Waals surface area contributed by atoms with Crippen LogP contribution in [0.3, 0.4) is 0 Å². The van der Waals surface area contributed by atoms with E-state index in [1.165, 1.54) is 154 Å². The third-order valence-corrected chi connectivity index (χ3v) is 10.8. The topological polar surface area (TPSA) is 99.1 Å². The van der Waals surface area contributed by atoms with Gasteiger partial charge in [-0.15, -0.1) is 0 Å². The summed E-state index contributed by atoms with van der Waals surface area (Å²) in [5.41, 5.74) is 0. The molecule has 0 spiro atoms. The van der Waals surface area contributed by atoms with Crippen molar-refractivity contribution >= 4 is 11.9 Å². The number of carbonyl (C=O) groups excluding carboxylic acids is 2. The molecule has 0 aliphatic rings. The zero-order valence-corrected chi connectivity index (χ0v) is 41.1. The van der Waals surface area contributed by atoms with Crippen molar-refractivity contribution in [1.82, 2.24) is 10.2 Å². The first-order valence-corrected chi connectivity index (χ1v) is 24.3. The number of aliphatic hydroxyl groups is 2. The Kier molecular flexibility index (Phi) is 54.1. The number of amides is 1. The van der Waals surface area contributed by atoms with Gasteiger partial charge in [-0.3, -0.25) is 9.59 Å². The second-order valence-corrected chi connectivity index (χ2v) is 16.8. The first-order valence-electron chi connectivity index (χ1n) is 24.3. The minimum absolute atomic E-state index is 0. The molecule has 0 aromatic heterocycles. The fourth-order valence-electron chi connectivity index (χ4n) is 6.95. The van der Waals surface area contributed by atoms with E-state index in [-0.39, 0.29) is 45.0 Å². The van der Waals surface area contributed by atoms with Crippen LogP contribution in [0.25, 0.3) is 0 Å². The van der Waals surface area contributed by atoms with Crippen LogP contribution in [-0.4, -0.2) is 72.5 Å². The van der Waals surface area contributed by atoms with E-state index in [0.717, 1.165) is 77.5 Å². The molecule has 0 saturated heterocycles. The number of hydrogen-bond acceptors (Lipinski definition) is 6. The maximum atomic E-state index is 11.9. The van der Waals surface area contributed by atoms with Crippen molar-refractivity contribution in [1.29, 1.82) is 0 Å². The molecule has 0 atom stereocenters. The standard InChI is InChI=1S/C31H62N2O4.C17H36O.W/c1-4-5-6-7-8-15-20-28-37-30(35)22-16-11-9-12-17-24-33(25-18-13-10-14-19-27-34)26-21-23-32-31(36)29(2)3;1-3-5-7-9-11-13-15-17(18)16-14-12-10-8-6-4-2;/h29,34H,4-28H2,1-3H3,(H,32,36);17-18H,3-16H2,1-2H3;. The molecule has 0 radical (unpaired) electrons. The summed E-state index contributed by atoms with van der Waals surface area (Å²) in [6.45, 7) is 15.5. The van der Waals surface area contributed by atoms with Gasteiger partial charge in [0.05, 0.1) is 12.7 Å². The Hall–Kier alpha value is -0.492. The van der Waals surface area contributed by atoms with Crippen LogP contribution in [0.15, 0.2) is 0 Å². The fourth-order valence-corrected chi connectivity index (χ4v) is 6.95. The Morgan fingerprint density at radius 3 is 1.39 bits per heavy atom. The average Bonchev–Trinajstić information content (AvgIpc) is 3.17. The van der Waals surface area contributed by atoms with E-state index in [0.29, 0.717) is 19.6 Å². The van der Waals surface area contributed by atoms with Crippen molar-refractivity contribution in [3.8, 4) is 0 Å². The van der Waals surface area contributed by atoms with Gasteiger partial charge in [-0.1, -0.05) is 189 Å². The first kappa shape index (κ1) is 59.8. The number of unbranched alkanes of at least 4 members (excludes halogenated alkanes) is 24. The molecule has 0 aromatic carbocycles. The van der Waals surface area contributed by atoms with Gasteiger partial charge >= 0.3 is 5.97 Å². The molecule has 1 amide bonds. The molecule has 0 rings (SSSR count). The number of rotatable bonds is 42. The van der Waals surface area contributed by atoms with Gasteiger partial charge in [-0.25, -0.2) is 0 Å². The molecular formula is C48H98N2O5W. The maximum Gasteiger partial charge on any atom is 0.305 e.